The van der Waals surface area contributed by atoms with Crippen LogP contribution in [0.1, 0.15) is 10.4 Å². The lowest BCUT2D eigenvalue weighted by Gasteiger charge is -2.05. The number of anilines is 1. The van der Waals surface area contributed by atoms with E-state index in [2.05, 4.69) is 4.98 Å². The van der Waals surface area contributed by atoms with Gasteiger partial charge in [-0.1, -0.05) is 22.9 Å². The van der Waals surface area contributed by atoms with E-state index in [1.807, 2.05) is 25.1 Å². The molecule has 3 nitrogen and oxygen atoms in total. The topological polar surface area (TPSA) is 48.1 Å². The van der Waals surface area contributed by atoms with E-state index >= 15 is 0 Å². The Morgan fingerprint density at radius 1 is 1.50 bits per heavy atom. The third kappa shape index (κ3) is 2.65. The first-order valence-corrected chi connectivity index (χ1v) is 5.94. The van der Waals surface area contributed by atoms with E-state index < -0.39 is 0 Å². The lowest BCUT2D eigenvalue weighted by Crippen LogP contribution is -1.93. The molecule has 0 aliphatic heterocycles. The van der Waals surface area contributed by atoms with E-state index in [0.717, 1.165) is 21.2 Å². The van der Waals surface area contributed by atoms with E-state index in [0.29, 0.717) is 11.7 Å². The highest BCUT2D eigenvalue weighted by atomic mass is 35.5. The van der Waals surface area contributed by atoms with Gasteiger partial charge in [-0.2, -0.15) is 0 Å². The van der Waals surface area contributed by atoms with E-state index in [-0.39, 0.29) is 0 Å². The van der Waals surface area contributed by atoms with E-state index in [4.69, 9.17) is 22.1 Å². The molecule has 0 aliphatic rings. The fourth-order valence-electron chi connectivity index (χ4n) is 1.25. The Bertz CT molecular complexity index is 498. The molecule has 1 heterocycles. The Hall–Kier alpha value is -1.26. The lowest BCUT2D eigenvalue weighted by molar-refractivity contribution is 0.309. The Balaban J connectivity index is 2.02. The maximum Gasteiger partial charge on any atom is 0.180 e. The molecule has 0 bridgehead atoms. The number of nitrogens with zero attached hydrogens (tertiary/aromatic N) is 1. The molecule has 0 saturated heterocycles. The van der Waals surface area contributed by atoms with Crippen molar-refractivity contribution in [2.75, 3.05) is 5.73 Å². The molecule has 16 heavy (non-hydrogen) atoms. The highest BCUT2D eigenvalue weighted by Crippen LogP contribution is 2.23. The van der Waals surface area contributed by atoms with Crippen molar-refractivity contribution in [1.82, 2.24) is 4.98 Å². The second-order valence-electron chi connectivity index (χ2n) is 3.36. The summed E-state index contributed by atoms with van der Waals surface area (Å²) in [6, 6.07) is 5.58. The summed E-state index contributed by atoms with van der Waals surface area (Å²) in [5.41, 5.74) is 6.53. The second kappa shape index (κ2) is 4.72. The summed E-state index contributed by atoms with van der Waals surface area (Å²) >= 11 is 7.35. The van der Waals surface area contributed by atoms with Crippen molar-refractivity contribution < 1.29 is 4.74 Å². The maximum atomic E-state index is 5.92. The second-order valence-corrected chi connectivity index (χ2v) is 4.92. The molecule has 2 rings (SSSR count). The maximum absolute atomic E-state index is 5.92. The average molecular weight is 255 g/mol. The van der Waals surface area contributed by atoms with Crippen molar-refractivity contribution in [1.29, 1.82) is 0 Å². The highest BCUT2D eigenvalue weighted by Gasteiger charge is 2.01. The van der Waals surface area contributed by atoms with Crippen molar-refractivity contribution >= 4 is 28.1 Å². The zero-order valence-corrected chi connectivity index (χ0v) is 10.3. The molecular formula is C11H11ClN2OS. The Morgan fingerprint density at radius 2 is 2.31 bits per heavy atom. The number of hydrogen-bond donors (Lipinski definition) is 1. The van der Waals surface area contributed by atoms with Crippen LogP contribution in [-0.2, 0) is 6.61 Å². The average Bonchev–Trinajstić information content (AvgIpc) is 2.66. The van der Waals surface area contributed by atoms with E-state index in [1.165, 1.54) is 11.3 Å². The zero-order chi connectivity index (χ0) is 11.5. The van der Waals surface area contributed by atoms with Gasteiger partial charge in [-0.25, -0.2) is 4.98 Å². The first kappa shape index (κ1) is 11.2. The minimum atomic E-state index is 0.482. The van der Waals surface area contributed by atoms with Crippen LogP contribution in [0, 0.1) is 6.92 Å². The quantitative estimate of drug-likeness (QED) is 0.915. The summed E-state index contributed by atoms with van der Waals surface area (Å²) in [6.45, 7) is 2.43. The van der Waals surface area contributed by atoms with Crippen LogP contribution in [0.15, 0.2) is 24.4 Å². The summed E-state index contributed by atoms with van der Waals surface area (Å²) in [4.78, 5) is 4.96. The molecule has 0 spiro atoms. The molecule has 0 aliphatic carbocycles. The monoisotopic (exact) mass is 254 g/mol. The number of halogens is 1. The predicted molar refractivity (Wildman–Crippen MR) is 67.0 cm³/mol. The molecule has 2 N–H and O–H groups in total. The Kier molecular flexibility index (Phi) is 3.31. The molecule has 1 aromatic carbocycles. The number of thiazole rings is 1. The minimum absolute atomic E-state index is 0.482. The van der Waals surface area contributed by atoms with Gasteiger partial charge in [-0.3, -0.25) is 0 Å². The fourth-order valence-corrected chi connectivity index (χ4v) is 1.97. The molecule has 0 saturated carbocycles. The van der Waals surface area contributed by atoms with E-state index in [9.17, 15) is 0 Å². The number of benzene rings is 1. The SMILES string of the molecule is Cc1cc(OCc2cnc(N)s2)ccc1Cl. The van der Waals surface area contributed by atoms with Gasteiger partial charge in [-0.15, -0.1) is 0 Å². The molecule has 1 aromatic heterocycles. The first-order chi connectivity index (χ1) is 7.65. The number of aromatic nitrogens is 1. The van der Waals surface area contributed by atoms with Crippen molar-refractivity contribution in [3.05, 3.63) is 39.9 Å². The minimum Gasteiger partial charge on any atom is -0.488 e. The van der Waals surface area contributed by atoms with Gasteiger partial charge in [0.1, 0.15) is 12.4 Å². The van der Waals surface area contributed by atoms with Gasteiger partial charge in [0.15, 0.2) is 5.13 Å². The van der Waals surface area contributed by atoms with Gasteiger partial charge in [0.2, 0.25) is 0 Å². The van der Waals surface area contributed by atoms with E-state index in [1.54, 1.807) is 6.20 Å². The van der Waals surface area contributed by atoms with Crippen molar-refractivity contribution in [3.63, 3.8) is 0 Å². The van der Waals surface area contributed by atoms with Gasteiger partial charge in [0, 0.05) is 11.2 Å². The van der Waals surface area contributed by atoms with Crippen LogP contribution in [-0.4, -0.2) is 4.98 Å². The summed E-state index contributed by atoms with van der Waals surface area (Å²) in [6.07, 6.45) is 1.72. The summed E-state index contributed by atoms with van der Waals surface area (Å²) in [7, 11) is 0. The number of nitrogens with two attached hydrogens (primary N) is 1. The van der Waals surface area contributed by atoms with Crippen LogP contribution in [0.4, 0.5) is 5.13 Å². The molecule has 5 heteroatoms. The van der Waals surface area contributed by atoms with Gasteiger partial charge in [0.05, 0.1) is 4.88 Å². The van der Waals surface area contributed by atoms with Crippen molar-refractivity contribution in [2.45, 2.75) is 13.5 Å². The van der Waals surface area contributed by atoms with Crippen LogP contribution >= 0.6 is 22.9 Å². The van der Waals surface area contributed by atoms with Crippen LogP contribution < -0.4 is 10.5 Å². The third-order valence-electron chi connectivity index (χ3n) is 2.08. The largest absolute Gasteiger partial charge is 0.488 e. The normalized spacial score (nSPS) is 10.4. The molecule has 0 radical (unpaired) electrons. The molecular weight excluding hydrogens is 244 g/mol. The Morgan fingerprint density at radius 3 is 2.94 bits per heavy atom. The van der Waals surface area contributed by atoms with Crippen molar-refractivity contribution in [3.8, 4) is 5.75 Å². The third-order valence-corrected chi connectivity index (χ3v) is 3.31. The van der Waals surface area contributed by atoms with Crippen LogP contribution in [0.25, 0.3) is 0 Å². The number of rotatable bonds is 3. The molecule has 84 valence electrons. The van der Waals surface area contributed by atoms with Gasteiger partial charge >= 0.3 is 0 Å². The summed E-state index contributed by atoms with van der Waals surface area (Å²) in [5.74, 6) is 0.800. The number of ether oxygens (including phenoxy) is 1. The number of aryl methyl sites for hydroxylation is 1. The molecule has 0 unspecified atom stereocenters. The number of hydrogen-bond acceptors (Lipinski definition) is 4. The standard InChI is InChI=1S/C11H11ClN2OS/c1-7-4-8(2-3-10(7)12)15-6-9-5-14-11(13)16-9/h2-5H,6H2,1H3,(H2,13,14). The first-order valence-electron chi connectivity index (χ1n) is 4.74. The molecule has 2 aromatic rings. The smallest absolute Gasteiger partial charge is 0.180 e. The van der Waals surface area contributed by atoms with Crippen molar-refractivity contribution in [2.24, 2.45) is 0 Å². The van der Waals surface area contributed by atoms with Crippen LogP contribution in [0.5, 0.6) is 5.75 Å². The van der Waals surface area contributed by atoms with Gasteiger partial charge in [0.25, 0.3) is 0 Å². The van der Waals surface area contributed by atoms with Gasteiger partial charge in [-0.05, 0) is 30.7 Å². The predicted octanol–water partition coefficient (Wildman–Crippen LogP) is 3.27. The van der Waals surface area contributed by atoms with Gasteiger partial charge < -0.3 is 10.5 Å². The zero-order valence-electron chi connectivity index (χ0n) is 8.74. The molecule has 0 amide bonds. The number of nitrogen functional groups attached to an aromatic ring is 1. The molecule has 0 atom stereocenters. The Labute approximate surface area is 103 Å². The molecule has 0 fully saturated rings. The summed E-state index contributed by atoms with van der Waals surface area (Å²) < 4.78 is 5.60. The lowest BCUT2D eigenvalue weighted by atomic mass is 10.2. The fraction of sp³-hybridized carbons (Fsp3) is 0.182. The van der Waals surface area contributed by atoms with Crippen LogP contribution in [0.3, 0.4) is 0 Å². The highest BCUT2D eigenvalue weighted by molar-refractivity contribution is 7.15. The van der Waals surface area contributed by atoms with Crippen LogP contribution in [0.2, 0.25) is 5.02 Å². The summed E-state index contributed by atoms with van der Waals surface area (Å²) in [5, 5.41) is 1.31.